The summed E-state index contributed by atoms with van der Waals surface area (Å²) in [6.45, 7) is 1.02. The van der Waals surface area contributed by atoms with Gasteiger partial charge in [-0.3, -0.25) is 9.78 Å². The summed E-state index contributed by atoms with van der Waals surface area (Å²) in [5.74, 6) is 0.0752. The van der Waals surface area contributed by atoms with E-state index in [1.165, 1.54) is 19.2 Å². The molecule has 1 fully saturated rings. The van der Waals surface area contributed by atoms with Crippen molar-refractivity contribution in [1.82, 2.24) is 24.6 Å². The van der Waals surface area contributed by atoms with Crippen LogP contribution in [0.2, 0.25) is 0 Å². The molecule has 0 unspecified atom stereocenters. The molecule has 0 atom stereocenters. The Kier molecular flexibility index (Phi) is 4.08. The van der Waals surface area contributed by atoms with Gasteiger partial charge in [0.15, 0.2) is 17.4 Å². The van der Waals surface area contributed by atoms with Gasteiger partial charge in [-0.15, -0.1) is 10.2 Å². The molecular formula is C18H16FN5O2. The van der Waals surface area contributed by atoms with Gasteiger partial charge in [0.2, 0.25) is 0 Å². The van der Waals surface area contributed by atoms with Crippen LogP contribution in [-0.4, -0.2) is 50.8 Å². The summed E-state index contributed by atoms with van der Waals surface area (Å²) in [4.78, 5) is 18.3. The number of aromatic nitrogens is 4. The zero-order valence-electron chi connectivity index (χ0n) is 14.0. The van der Waals surface area contributed by atoms with E-state index in [-0.39, 0.29) is 17.7 Å². The monoisotopic (exact) mass is 353 g/mol. The van der Waals surface area contributed by atoms with Gasteiger partial charge in [-0.25, -0.2) is 4.39 Å². The van der Waals surface area contributed by atoms with Crippen molar-refractivity contribution in [2.45, 2.75) is 6.04 Å². The van der Waals surface area contributed by atoms with E-state index in [0.29, 0.717) is 24.5 Å². The number of carbonyl (C=O) groups is 1. The standard InChI is InChI=1S/C18H16FN5O2/c1-26-16-5-4-12(7-15(16)19)18(25)23-9-14(10-23)24-11-21-22-17(24)13-3-2-6-20-8-13/h2-8,11,14H,9-10H2,1H3. The molecule has 26 heavy (non-hydrogen) atoms. The molecule has 0 bridgehead atoms. The molecule has 3 heterocycles. The fourth-order valence-corrected chi connectivity index (χ4v) is 2.99. The summed E-state index contributed by atoms with van der Waals surface area (Å²) in [6, 6.07) is 8.05. The molecule has 7 nitrogen and oxygen atoms in total. The van der Waals surface area contributed by atoms with Crippen LogP contribution in [0.25, 0.3) is 11.4 Å². The van der Waals surface area contributed by atoms with E-state index in [0.717, 1.165) is 5.56 Å². The number of hydrogen-bond donors (Lipinski definition) is 0. The van der Waals surface area contributed by atoms with Crippen LogP contribution in [0.5, 0.6) is 5.75 Å². The first-order valence-corrected chi connectivity index (χ1v) is 8.10. The van der Waals surface area contributed by atoms with E-state index in [1.807, 2.05) is 16.7 Å². The minimum atomic E-state index is -0.548. The normalized spacial score (nSPS) is 14.2. The lowest BCUT2D eigenvalue weighted by Crippen LogP contribution is -2.50. The van der Waals surface area contributed by atoms with Gasteiger partial charge in [0.1, 0.15) is 6.33 Å². The van der Waals surface area contributed by atoms with Crippen molar-refractivity contribution in [3.05, 3.63) is 60.4 Å². The Hall–Kier alpha value is -3.29. The van der Waals surface area contributed by atoms with Crippen molar-refractivity contribution >= 4 is 5.91 Å². The number of hydrogen-bond acceptors (Lipinski definition) is 5. The maximum Gasteiger partial charge on any atom is 0.254 e. The predicted octanol–water partition coefficient (Wildman–Crippen LogP) is 2.18. The van der Waals surface area contributed by atoms with Gasteiger partial charge in [0.25, 0.3) is 5.91 Å². The Morgan fingerprint density at radius 1 is 1.31 bits per heavy atom. The van der Waals surface area contributed by atoms with Crippen molar-refractivity contribution < 1.29 is 13.9 Å². The SMILES string of the molecule is COc1ccc(C(=O)N2CC(n3cnnc3-c3cccnc3)C2)cc1F. The maximum absolute atomic E-state index is 13.8. The molecule has 1 saturated heterocycles. The van der Waals surface area contributed by atoms with Crippen LogP contribution < -0.4 is 4.74 Å². The molecule has 4 rings (SSSR count). The molecule has 0 N–H and O–H groups in total. The van der Waals surface area contributed by atoms with E-state index in [4.69, 9.17) is 4.74 Å². The Bertz CT molecular complexity index is 938. The molecule has 0 spiro atoms. The first kappa shape index (κ1) is 16.2. The fourth-order valence-electron chi connectivity index (χ4n) is 2.99. The minimum Gasteiger partial charge on any atom is -0.494 e. The highest BCUT2D eigenvalue weighted by Crippen LogP contribution is 2.28. The number of benzene rings is 1. The van der Waals surface area contributed by atoms with Crippen molar-refractivity contribution in [3.8, 4) is 17.1 Å². The smallest absolute Gasteiger partial charge is 0.254 e. The van der Waals surface area contributed by atoms with Crippen LogP contribution >= 0.6 is 0 Å². The second kappa shape index (κ2) is 6.55. The molecule has 0 radical (unpaired) electrons. The minimum absolute atomic E-state index is 0.0762. The van der Waals surface area contributed by atoms with Crippen LogP contribution in [0.3, 0.4) is 0 Å². The number of halogens is 1. The van der Waals surface area contributed by atoms with E-state index in [9.17, 15) is 9.18 Å². The number of rotatable bonds is 4. The molecule has 0 aliphatic carbocycles. The number of ether oxygens (including phenoxy) is 1. The maximum atomic E-state index is 13.8. The molecular weight excluding hydrogens is 337 g/mol. The fraction of sp³-hybridized carbons (Fsp3) is 0.222. The number of carbonyl (C=O) groups excluding carboxylic acids is 1. The van der Waals surface area contributed by atoms with Gasteiger partial charge < -0.3 is 14.2 Å². The summed E-state index contributed by atoms with van der Waals surface area (Å²) in [7, 11) is 1.39. The van der Waals surface area contributed by atoms with Gasteiger partial charge in [-0.2, -0.15) is 0 Å². The largest absolute Gasteiger partial charge is 0.494 e. The van der Waals surface area contributed by atoms with Gasteiger partial charge >= 0.3 is 0 Å². The van der Waals surface area contributed by atoms with Crippen LogP contribution in [0, 0.1) is 5.82 Å². The molecule has 3 aromatic rings. The van der Waals surface area contributed by atoms with Crippen LogP contribution in [-0.2, 0) is 0 Å². The highest BCUT2D eigenvalue weighted by Gasteiger charge is 2.34. The van der Waals surface area contributed by atoms with Crippen molar-refractivity contribution in [2.24, 2.45) is 0 Å². The zero-order chi connectivity index (χ0) is 18.1. The van der Waals surface area contributed by atoms with E-state index in [1.54, 1.807) is 29.7 Å². The lowest BCUT2D eigenvalue weighted by atomic mass is 10.1. The third-order valence-corrected chi connectivity index (χ3v) is 4.43. The van der Waals surface area contributed by atoms with Crippen LogP contribution in [0.4, 0.5) is 4.39 Å². The molecule has 8 heteroatoms. The molecule has 1 aliphatic rings. The summed E-state index contributed by atoms with van der Waals surface area (Å²) >= 11 is 0. The molecule has 1 aromatic carbocycles. The molecule has 1 aliphatic heterocycles. The van der Waals surface area contributed by atoms with Gasteiger partial charge in [-0.1, -0.05) is 0 Å². The summed E-state index contributed by atoms with van der Waals surface area (Å²) in [5.41, 5.74) is 1.17. The predicted molar refractivity (Wildman–Crippen MR) is 91.1 cm³/mol. The molecule has 0 saturated carbocycles. The average Bonchev–Trinajstić information content (AvgIpc) is 3.10. The van der Waals surface area contributed by atoms with Crippen molar-refractivity contribution in [3.63, 3.8) is 0 Å². The molecule has 2 aromatic heterocycles. The third kappa shape index (κ3) is 2.79. The van der Waals surface area contributed by atoms with Crippen molar-refractivity contribution in [2.75, 3.05) is 20.2 Å². The quantitative estimate of drug-likeness (QED) is 0.719. The summed E-state index contributed by atoms with van der Waals surface area (Å²) in [5, 5.41) is 8.13. The van der Waals surface area contributed by atoms with Crippen molar-refractivity contribution in [1.29, 1.82) is 0 Å². The summed E-state index contributed by atoms with van der Waals surface area (Å²) in [6.07, 6.45) is 5.08. The Labute approximate surface area is 149 Å². The Morgan fingerprint density at radius 3 is 2.85 bits per heavy atom. The number of nitrogens with zero attached hydrogens (tertiary/aromatic N) is 5. The first-order chi connectivity index (χ1) is 12.7. The molecule has 1 amide bonds. The van der Waals surface area contributed by atoms with Gasteiger partial charge in [-0.05, 0) is 30.3 Å². The topological polar surface area (TPSA) is 73.1 Å². The third-order valence-electron chi connectivity index (χ3n) is 4.43. The number of methoxy groups -OCH3 is 1. The lowest BCUT2D eigenvalue weighted by Gasteiger charge is -2.40. The summed E-state index contributed by atoms with van der Waals surface area (Å²) < 4.78 is 20.6. The van der Waals surface area contributed by atoms with Gasteiger partial charge in [0, 0.05) is 36.6 Å². The Morgan fingerprint density at radius 2 is 2.15 bits per heavy atom. The highest BCUT2D eigenvalue weighted by molar-refractivity contribution is 5.95. The van der Waals surface area contributed by atoms with Crippen LogP contribution in [0.1, 0.15) is 16.4 Å². The first-order valence-electron chi connectivity index (χ1n) is 8.10. The van der Waals surface area contributed by atoms with E-state index in [2.05, 4.69) is 15.2 Å². The second-order valence-corrected chi connectivity index (χ2v) is 6.02. The second-order valence-electron chi connectivity index (χ2n) is 6.02. The zero-order valence-corrected chi connectivity index (χ0v) is 14.0. The Balaban J connectivity index is 1.47. The highest BCUT2D eigenvalue weighted by atomic mass is 19.1. The number of likely N-dealkylation sites (tertiary alicyclic amines) is 1. The van der Waals surface area contributed by atoms with Gasteiger partial charge in [0.05, 0.1) is 13.2 Å². The average molecular weight is 353 g/mol. The number of pyridine rings is 1. The van der Waals surface area contributed by atoms with Crippen LogP contribution in [0.15, 0.2) is 49.1 Å². The molecule has 132 valence electrons. The van der Waals surface area contributed by atoms with E-state index < -0.39 is 5.82 Å². The number of amides is 1. The lowest BCUT2D eigenvalue weighted by molar-refractivity contribution is 0.0522. The van der Waals surface area contributed by atoms with E-state index >= 15 is 0 Å².